The SMILES string of the molecule is Cc1ncc(-c2ncn(C3CCCC3)c2-c2ccc(C(=O)Nc3ccccc3F)o2)cn1. The third-order valence-electron chi connectivity index (χ3n) is 5.75. The van der Waals surface area contributed by atoms with Crippen LogP contribution in [0, 0.1) is 12.7 Å². The second-order valence-electron chi connectivity index (χ2n) is 7.90. The van der Waals surface area contributed by atoms with E-state index in [0.29, 0.717) is 23.3 Å². The number of imidazole rings is 1. The molecule has 0 radical (unpaired) electrons. The van der Waals surface area contributed by atoms with Crippen LogP contribution in [0.25, 0.3) is 22.7 Å². The summed E-state index contributed by atoms with van der Waals surface area (Å²) in [6, 6.07) is 9.67. The van der Waals surface area contributed by atoms with E-state index in [0.717, 1.165) is 24.1 Å². The Hall–Kier alpha value is -3.81. The Morgan fingerprint density at radius 2 is 1.84 bits per heavy atom. The molecule has 0 aliphatic heterocycles. The van der Waals surface area contributed by atoms with Crippen molar-refractivity contribution < 1.29 is 13.6 Å². The zero-order valence-electron chi connectivity index (χ0n) is 17.6. The molecule has 0 atom stereocenters. The molecule has 162 valence electrons. The average Bonchev–Trinajstić information content (AvgIpc) is 3.55. The highest BCUT2D eigenvalue weighted by atomic mass is 19.1. The smallest absolute Gasteiger partial charge is 0.291 e. The quantitative estimate of drug-likeness (QED) is 0.456. The van der Waals surface area contributed by atoms with Crippen molar-refractivity contribution in [2.24, 2.45) is 0 Å². The van der Waals surface area contributed by atoms with Gasteiger partial charge in [0.1, 0.15) is 23.0 Å². The molecule has 1 aliphatic carbocycles. The number of carbonyl (C=O) groups is 1. The summed E-state index contributed by atoms with van der Waals surface area (Å²) >= 11 is 0. The number of nitrogens with one attached hydrogen (secondary N) is 1. The summed E-state index contributed by atoms with van der Waals surface area (Å²) in [7, 11) is 0. The molecule has 1 aromatic carbocycles. The van der Waals surface area contributed by atoms with Crippen molar-refractivity contribution in [3.05, 3.63) is 72.5 Å². The number of rotatable bonds is 5. The molecule has 1 saturated carbocycles. The van der Waals surface area contributed by atoms with Gasteiger partial charge in [0.2, 0.25) is 0 Å². The first kappa shape index (κ1) is 20.1. The van der Waals surface area contributed by atoms with E-state index in [1.165, 1.54) is 25.0 Å². The van der Waals surface area contributed by atoms with Gasteiger partial charge in [0.05, 0.1) is 12.0 Å². The zero-order valence-corrected chi connectivity index (χ0v) is 17.6. The average molecular weight is 431 g/mol. The standard InChI is InChI=1S/C24H22FN5O2/c1-15-26-12-16(13-27-15)22-23(30(14-28-22)17-6-2-3-7-17)20-10-11-21(32-20)24(31)29-19-9-5-4-8-18(19)25/h4-5,8-14,17H,2-3,6-7H2,1H3,(H,29,31). The number of furan rings is 1. The Kier molecular flexibility index (Phi) is 5.26. The summed E-state index contributed by atoms with van der Waals surface area (Å²) in [4.78, 5) is 25.9. The summed E-state index contributed by atoms with van der Waals surface area (Å²) in [5.41, 5.74) is 2.36. The number of benzene rings is 1. The first-order valence-electron chi connectivity index (χ1n) is 10.6. The van der Waals surface area contributed by atoms with Crippen LogP contribution in [-0.2, 0) is 0 Å². The fourth-order valence-corrected chi connectivity index (χ4v) is 4.12. The number of aryl methyl sites for hydroxylation is 1. The molecule has 0 bridgehead atoms. The lowest BCUT2D eigenvalue weighted by Crippen LogP contribution is -2.12. The third-order valence-corrected chi connectivity index (χ3v) is 5.75. The van der Waals surface area contributed by atoms with Crippen molar-refractivity contribution in [3.63, 3.8) is 0 Å². The van der Waals surface area contributed by atoms with Crippen molar-refractivity contribution in [1.29, 1.82) is 0 Å². The first-order chi connectivity index (χ1) is 15.6. The van der Waals surface area contributed by atoms with E-state index in [1.807, 2.05) is 13.3 Å². The second-order valence-corrected chi connectivity index (χ2v) is 7.90. The Bertz CT molecular complexity index is 1260. The third kappa shape index (κ3) is 3.79. The fraction of sp³-hybridized carbons (Fsp3) is 0.250. The van der Waals surface area contributed by atoms with Gasteiger partial charge in [-0.1, -0.05) is 25.0 Å². The van der Waals surface area contributed by atoms with E-state index in [1.54, 1.807) is 36.7 Å². The number of halogens is 1. The Balaban J connectivity index is 1.52. The largest absolute Gasteiger partial charge is 0.449 e. The second kappa shape index (κ2) is 8.37. The topological polar surface area (TPSA) is 85.8 Å². The molecule has 0 saturated heterocycles. The van der Waals surface area contributed by atoms with Gasteiger partial charge in [0, 0.05) is 24.0 Å². The minimum Gasteiger partial charge on any atom is -0.449 e. The minimum absolute atomic E-state index is 0.0912. The maximum absolute atomic E-state index is 13.9. The molecule has 5 rings (SSSR count). The summed E-state index contributed by atoms with van der Waals surface area (Å²) in [6.07, 6.45) is 9.76. The highest BCUT2D eigenvalue weighted by Gasteiger charge is 2.26. The van der Waals surface area contributed by atoms with Gasteiger partial charge in [-0.25, -0.2) is 19.3 Å². The number of anilines is 1. The van der Waals surface area contributed by atoms with Crippen LogP contribution in [0.1, 0.15) is 48.1 Å². The Labute approximate surface area is 184 Å². The molecule has 32 heavy (non-hydrogen) atoms. The molecule has 3 aromatic heterocycles. The highest BCUT2D eigenvalue weighted by molar-refractivity contribution is 6.02. The predicted molar refractivity (Wildman–Crippen MR) is 118 cm³/mol. The van der Waals surface area contributed by atoms with Crippen LogP contribution < -0.4 is 5.32 Å². The monoisotopic (exact) mass is 431 g/mol. The molecule has 4 aromatic rings. The number of carbonyl (C=O) groups excluding carboxylic acids is 1. The van der Waals surface area contributed by atoms with Gasteiger partial charge < -0.3 is 14.3 Å². The van der Waals surface area contributed by atoms with E-state index in [4.69, 9.17) is 4.42 Å². The Morgan fingerprint density at radius 3 is 2.59 bits per heavy atom. The summed E-state index contributed by atoms with van der Waals surface area (Å²) in [5.74, 6) is 0.259. The highest BCUT2D eigenvalue weighted by Crippen LogP contribution is 2.38. The molecular weight excluding hydrogens is 409 g/mol. The van der Waals surface area contributed by atoms with E-state index in [2.05, 4.69) is 24.8 Å². The van der Waals surface area contributed by atoms with Crippen molar-refractivity contribution in [2.45, 2.75) is 38.6 Å². The van der Waals surface area contributed by atoms with Crippen LogP contribution in [0.2, 0.25) is 0 Å². The van der Waals surface area contributed by atoms with E-state index < -0.39 is 11.7 Å². The van der Waals surface area contributed by atoms with Crippen LogP contribution in [0.15, 0.2) is 59.5 Å². The molecule has 1 amide bonds. The van der Waals surface area contributed by atoms with Gasteiger partial charge in [-0.3, -0.25) is 4.79 Å². The van der Waals surface area contributed by atoms with Crippen molar-refractivity contribution in [3.8, 4) is 22.7 Å². The lowest BCUT2D eigenvalue weighted by molar-refractivity contribution is 0.0997. The molecule has 0 unspecified atom stereocenters. The molecule has 8 heteroatoms. The lowest BCUT2D eigenvalue weighted by Gasteiger charge is -2.15. The van der Waals surface area contributed by atoms with Crippen LogP contribution in [0.4, 0.5) is 10.1 Å². The number of amides is 1. The van der Waals surface area contributed by atoms with Gasteiger partial charge in [0.15, 0.2) is 11.5 Å². The molecular formula is C24H22FN5O2. The maximum Gasteiger partial charge on any atom is 0.291 e. The van der Waals surface area contributed by atoms with Crippen molar-refractivity contribution in [1.82, 2.24) is 19.5 Å². The van der Waals surface area contributed by atoms with Gasteiger partial charge in [-0.2, -0.15) is 0 Å². The summed E-state index contributed by atoms with van der Waals surface area (Å²) in [5, 5.41) is 2.56. The molecule has 1 fully saturated rings. The number of para-hydroxylation sites is 1. The fourth-order valence-electron chi connectivity index (χ4n) is 4.12. The maximum atomic E-state index is 13.9. The first-order valence-corrected chi connectivity index (χ1v) is 10.6. The number of nitrogens with zero attached hydrogens (tertiary/aromatic N) is 4. The molecule has 1 aliphatic rings. The summed E-state index contributed by atoms with van der Waals surface area (Å²) in [6.45, 7) is 1.83. The van der Waals surface area contributed by atoms with Gasteiger partial charge in [-0.05, 0) is 44.0 Å². The van der Waals surface area contributed by atoms with Crippen molar-refractivity contribution in [2.75, 3.05) is 5.32 Å². The van der Waals surface area contributed by atoms with Gasteiger partial charge >= 0.3 is 0 Å². The van der Waals surface area contributed by atoms with E-state index in [-0.39, 0.29) is 11.4 Å². The van der Waals surface area contributed by atoms with E-state index >= 15 is 0 Å². The lowest BCUT2D eigenvalue weighted by atomic mass is 10.1. The molecule has 1 N–H and O–H groups in total. The van der Waals surface area contributed by atoms with Crippen LogP contribution in [0.5, 0.6) is 0 Å². The van der Waals surface area contributed by atoms with Crippen LogP contribution in [0.3, 0.4) is 0 Å². The van der Waals surface area contributed by atoms with Crippen LogP contribution in [-0.4, -0.2) is 25.4 Å². The number of aromatic nitrogens is 4. The minimum atomic E-state index is -0.520. The van der Waals surface area contributed by atoms with Crippen LogP contribution >= 0.6 is 0 Å². The van der Waals surface area contributed by atoms with Gasteiger partial charge in [0.25, 0.3) is 5.91 Å². The zero-order chi connectivity index (χ0) is 22.1. The molecule has 3 heterocycles. The predicted octanol–water partition coefficient (Wildman–Crippen LogP) is 5.42. The van der Waals surface area contributed by atoms with Crippen molar-refractivity contribution >= 4 is 11.6 Å². The molecule has 0 spiro atoms. The normalized spacial score (nSPS) is 14.1. The summed E-state index contributed by atoms with van der Waals surface area (Å²) < 4.78 is 22.0. The molecule has 7 nitrogen and oxygen atoms in total. The van der Waals surface area contributed by atoms with E-state index in [9.17, 15) is 9.18 Å². The number of hydrogen-bond acceptors (Lipinski definition) is 5. The van der Waals surface area contributed by atoms with Gasteiger partial charge in [-0.15, -0.1) is 0 Å². The Morgan fingerprint density at radius 1 is 1.09 bits per heavy atom. The number of hydrogen-bond donors (Lipinski definition) is 1.